The number of hydrogen-bond acceptors (Lipinski definition) is 4. The lowest BCUT2D eigenvalue weighted by Crippen LogP contribution is -2.34. The number of amides is 1. The van der Waals surface area contributed by atoms with Crippen molar-refractivity contribution in [2.24, 2.45) is 0 Å². The summed E-state index contributed by atoms with van der Waals surface area (Å²) in [6.07, 6.45) is 0. The van der Waals surface area contributed by atoms with Gasteiger partial charge in [-0.2, -0.15) is 0 Å². The number of carbonyl (C=O) groups is 1. The van der Waals surface area contributed by atoms with Crippen molar-refractivity contribution in [3.05, 3.63) is 58.7 Å². The van der Waals surface area contributed by atoms with Crippen LogP contribution < -0.4 is 20.1 Å². The van der Waals surface area contributed by atoms with Gasteiger partial charge in [0.15, 0.2) is 11.5 Å². The van der Waals surface area contributed by atoms with E-state index in [1.54, 1.807) is 0 Å². The lowest BCUT2D eigenvalue weighted by molar-refractivity contribution is -0.120. The maximum Gasteiger partial charge on any atom is 0.234 e. The van der Waals surface area contributed by atoms with Gasteiger partial charge in [-0.3, -0.25) is 4.79 Å². The molecule has 0 fully saturated rings. The van der Waals surface area contributed by atoms with E-state index in [9.17, 15) is 4.79 Å². The zero-order chi connectivity index (χ0) is 17.8. The number of carbonyl (C=O) groups excluding carboxylic acids is 1. The van der Waals surface area contributed by atoms with Crippen LogP contribution >= 0.6 is 0 Å². The Morgan fingerprint density at radius 1 is 1.12 bits per heavy atom. The fraction of sp³-hybridized carbons (Fsp3) is 0.350. The summed E-state index contributed by atoms with van der Waals surface area (Å²) in [4.78, 5) is 12.1. The second-order valence-corrected chi connectivity index (χ2v) is 6.43. The van der Waals surface area contributed by atoms with Gasteiger partial charge in [0.25, 0.3) is 0 Å². The minimum atomic E-state index is -0.0326. The Hall–Kier alpha value is -2.53. The van der Waals surface area contributed by atoms with Gasteiger partial charge in [0, 0.05) is 12.6 Å². The molecule has 132 valence electrons. The Morgan fingerprint density at radius 3 is 2.76 bits per heavy atom. The molecule has 5 nitrogen and oxygen atoms in total. The summed E-state index contributed by atoms with van der Waals surface area (Å²) in [5, 5.41) is 6.21. The van der Waals surface area contributed by atoms with E-state index >= 15 is 0 Å². The third-order valence-electron chi connectivity index (χ3n) is 4.40. The molecule has 0 radical (unpaired) electrons. The number of aryl methyl sites for hydroxylation is 2. The van der Waals surface area contributed by atoms with Crippen molar-refractivity contribution in [1.29, 1.82) is 0 Å². The molecular formula is C20H24N2O3. The number of rotatable bonds is 6. The van der Waals surface area contributed by atoms with Crippen molar-refractivity contribution in [2.45, 2.75) is 33.4 Å². The molecule has 5 heteroatoms. The maximum atomic E-state index is 12.1. The van der Waals surface area contributed by atoms with Crippen molar-refractivity contribution < 1.29 is 14.3 Å². The van der Waals surface area contributed by atoms with E-state index in [4.69, 9.17) is 9.47 Å². The van der Waals surface area contributed by atoms with Gasteiger partial charge in [-0.05, 0) is 49.6 Å². The van der Waals surface area contributed by atoms with Crippen LogP contribution in [-0.4, -0.2) is 19.2 Å². The van der Waals surface area contributed by atoms with E-state index in [-0.39, 0.29) is 25.3 Å². The van der Waals surface area contributed by atoms with E-state index in [2.05, 4.69) is 49.6 Å². The molecule has 25 heavy (non-hydrogen) atoms. The second-order valence-electron chi connectivity index (χ2n) is 6.43. The van der Waals surface area contributed by atoms with Crippen LogP contribution in [0.25, 0.3) is 0 Å². The van der Waals surface area contributed by atoms with Gasteiger partial charge >= 0.3 is 0 Å². The van der Waals surface area contributed by atoms with Gasteiger partial charge in [-0.15, -0.1) is 0 Å². The number of fused-ring (bicyclic) bond motifs is 1. The fourth-order valence-electron chi connectivity index (χ4n) is 2.90. The highest BCUT2D eigenvalue weighted by molar-refractivity contribution is 5.78. The lowest BCUT2D eigenvalue weighted by atomic mass is 10.00. The van der Waals surface area contributed by atoms with Crippen LogP contribution in [0.15, 0.2) is 36.4 Å². The van der Waals surface area contributed by atoms with Gasteiger partial charge in [0.05, 0.1) is 6.54 Å². The molecule has 2 aromatic rings. The molecule has 0 aliphatic carbocycles. The van der Waals surface area contributed by atoms with Crippen LogP contribution in [0.1, 0.15) is 35.2 Å². The van der Waals surface area contributed by atoms with Crippen LogP contribution in [0.3, 0.4) is 0 Å². The summed E-state index contributed by atoms with van der Waals surface area (Å²) in [5.41, 5.74) is 4.66. The average molecular weight is 340 g/mol. The Bertz CT molecular complexity index is 774. The molecule has 1 atom stereocenters. The minimum absolute atomic E-state index is 0.0326. The first-order chi connectivity index (χ1) is 12.0. The van der Waals surface area contributed by atoms with Crippen LogP contribution in [0.4, 0.5) is 0 Å². The third-order valence-corrected chi connectivity index (χ3v) is 4.40. The van der Waals surface area contributed by atoms with Crippen LogP contribution in [-0.2, 0) is 11.3 Å². The quantitative estimate of drug-likeness (QED) is 0.849. The summed E-state index contributed by atoms with van der Waals surface area (Å²) in [6, 6.07) is 12.2. The minimum Gasteiger partial charge on any atom is -0.454 e. The first-order valence-corrected chi connectivity index (χ1v) is 8.48. The summed E-state index contributed by atoms with van der Waals surface area (Å²) in [6.45, 7) is 7.24. The van der Waals surface area contributed by atoms with Crippen molar-refractivity contribution in [1.82, 2.24) is 10.6 Å². The van der Waals surface area contributed by atoms with Crippen LogP contribution in [0, 0.1) is 13.8 Å². The van der Waals surface area contributed by atoms with Crippen LogP contribution in [0.5, 0.6) is 11.5 Å². The van der Waals surface area contributed by atoms with Gasteiger partial charge in [0.2, 0.25) is 12.7 Å². The summed E-state index contributed by atoms with van der Waals surface area (Å²) < 4.78 is 10.6. The summed E-state index contributed by atoms with van der Waals surface area (Å²) in [7, 11) is 0. The summed E-state index contributed by atoms with van der Waals surface area (Å²) >= 11 is 0. The SMILES string of the molecule is Cc1ccc(C)c([C@@H](C)NCC(=O)NCc2ccc3c(c2)OCO3)c1. The molecule has 0 saturated heterocycles. The molecule has 0 aromatic heterocycles. The standard InChI is InChI=1S/C20H24N2O3/c1-13-4-5-14(2)17(8-13)15(3)21-11-20(23)22-10-16-6-7-18-19(9-16)25-12-24-18/h4-9,15,21H,10-12H2,1-3H3,(H,22,23)/t15-/m1/s1. The zero-order valence-corrected chi connectivity index (χ0v) is 14.9. The monoisotopic (exact) mass is 340 g/mol. The molecule has 1 aliphatic rings. The Balaban J connectivity index is 1.48. The maximum absolute atomic E-state index is 12.1. The lowest BCUT2D eigenvalue weighted by Gasteiger charge is -2.17. The second kappa shape index (κ2) is 7.57. The number of nitrogens with one attached hydrogen (secondary N) is 2. The largest absolute Gasteiger partial charge is 0.454 e. The Morgan fingerprint density at radius 2 is 1.92 bits per heavy atom. The zero-order valence-electron chi connectivity index (χ0n) is 14.9. The predicted molar refractivity (Wildman–Crippen MR) is 96.7 cm³/mol. The van der Waals surface area contributed by atoms with Gasteiger partial charge in [-0.1, -0.05) is 29.8 Å². The molecule has 0 spiro atoms. The molecule has 0 bridgehead atoms. The van der Waals surface area contributed by atoms with Crippen molar-refractivity contribution >= 4 is 5.91 Å². The van der Waals surface area contributed by atoms with E-state index < -0.39 is 0 Å². The van der Waals surface area contributed by atoms with E-state index in [0.29, 0.717) is 6.54 Å². The van der Waals surface area contributed by atoms with Gasteiger partial charge < -0.3 is 20.1 Å². The molecular weight excluding hydrogens is 316 g/mol. The Labute approximate surface area is 148 Å². The molecule has 3 rings (SSSR count). The molecule has 2 aromatic carbocycles. The van der Waals surface area contributed by atoms with Crippen LogP contribution in [0.2, 0.25) is 0 Å². The highest BCUT2D eigenvalue weighted by Crippen LogP contribution is 2.32. The van der Waals surface area contributed by atoms with E-state index in [0.717, 1.165) is 17.1 Å². The normalized spacial score (nSPS) is 13.6. The molecule has 1 heterocycles. The number of benzene rings is 2. The average Bonchev–Trinajstić information content (AvgIpc) is 3.07. The first kappa shape index (κ1) is 17.3. The van der Waals surface area contributed by atoms with Crippen molar-refractivity contribution in [3.8, 4) is 11.5 Å². The number of hydrogen-bond donors (Lipinski definition) is 2. The molecule has 0 saturated carbocycles. The predicted octanol–water partition coefficient (Wildman–Crippen LogP) is 3.00. The highest BCUT2D eigenvalue weighted by atomic mass is 16.7. The summed E-state index contributed by atoms with van der Waals surface area (Å²) in [5.74, 6) is 1.45. The molecule has 1 aliphatic heterocycles. The fourth-order valence-corrected chi connectivity index (χ4v) is 2.90. The third kappa shape index (κ3) is 4.31. The smallest absolute Gasteiger partial charge is 0.234 e. The molecule has 2 N–H and O–H groups in total. The first-order valence-electron chi connectivity index (χ1n) is 8.48. The van der Waals surface area contributed by atoms with Gasteiger partial charge in [0.1, 0.15) is 0 Å². The number of ether oxygens (including phenoxy) is 2. The van der Waals surface area contributed by atoms with E-state index in [1.807, 2.05) is 18.2 Å². The molecule has 0 unspecified atom stereocenters. The van der Waals surface area contributed by atoms with E-state index in [1.165, 1.54) is 16.7 Å². The highest BCUT2D eigenvalue weighted by Gasteiger charge is 2.14. The van der Waals surface area contributed by atoms with Crippen molar-refractivity contribution in [2.75, 3.05) is 13.3 Å². The van der Waals surface area contributed by atoms with Crippen molar-refractivity contribution in [3.63, 3.8) is 0 Å². The topological polar surface area (TPSA) is 59.6 Å². The Kier molecular flexibility index (Phi) is 5.24. The molecule has 1 amide bonds. The van der Waals surface area contributed by atoms with Gasteiger partial charge in [-0.25, -0.2) is 0 Å².